The Balaban J connectivity index is 1.80. The lowest BCUT2D eigenvalue weighted by molar-refractivity contribution is -0.131. The molecule has 3 aliphatic carbocycles. The normalized spacial score (nSPS) is 24.7. The first kappa shape index (κ1) is 29.6. The van der Waals surface area contributed by atoms with Crippen LogP contribution in [0.3, 0.4) is 0 Å². The maximum atomic E-state index is 13.8. The Hall–Kier alpha value is -3.41. The third kappa shape index (κ3) is 4.36. The van der Waals surface area contributed by atoms with Gasteiger partial charge in [-0.2, -0.15) is 0 Å². The number of aliphatic hydroxyl groups excluding tert-OH is 2. The Morgan fingerprint density at radius 1 is 1.15 bits per heavy atom. The van der Waals surface area contributed by atoms with E-state index in [0.29, 0.717) is 11.1 Å². The van der Waals surface area contributed by atoms with Gasteiger partial charge in [0.05, 0.1) is 23.1 Å². The fourth-order valence-corrected chi connectivity index (χ4v) is 6.70. The van der Waals surface area contributed by atoms with Crippen LogP contribution in [0.5, 0.6) is 5.75 Å². The van der Waals surface area contributed by atoms with Gasteiger partial charge in [-0.3, -0.25) is 29.0 Å². The topological polar surface area (TPSA) is 174 Å². The van der Waals surface area contributed by atoms with Crippen LogP contribution in [0.25, 0.3) is 0 Å². The number of nitrogens with one attached hydrogen (secondary N) is 1. The number of phenolic OH excluding ortho intramolecular Hbond substituents is 1. The van der Waals surface area contributed by atoms with Gasteiger partial charge in [-0.15, -0.1) is 0 Å². The first-order valence-corrected chi connectivity index (χ1v) is 13.3. The van der Waals surface area contributed by atoms with Gasteiger partial charge in [-0.1, -0.05) is 11.6 Å². The van der Waals surface area contributed by atoms with Crippen LogP contribution < -0.4 is 11.1 Å². The molecule has 0 bridgehead atoms. The molecule has 0 heterocycles. The Bertz CT molecular complexity index is 1400. The molecule has 40 heavy (non-hydrogen) atoms. The molecule has 12 heteroatoms. The molecule has 0 radical (unpaired) electrons. The number of primary amides is 1. The van der Waals surface area contributed by atoms with E-state index in [4.69, 9.17) is 17.3 Å². The van der Waals surface area contributed by atoms with Crippen molar-refractivity contribution in [1.82, 2.24) is 15.1 Å². The lowest BCUT2D eigenvalue weighted by Crippen LogP contribution is -2.53. The van der Waals surface area contributed by atoms with Crippen molar-refractivity contribution in [2.75, 3.05) is 28.2 Å². The first-order chi connectivity index (χ1) is 18.6. The third-order valence-electron chi connectivity index (χ3n) is 8.72. The molecule has 0 spiro atoms. The molecule has 2 amide bonds. The van der Waals surface area contributed by atoms with Crippen LogP contribution in [0, 0.1) is 17.8 Å². The highest BCUT2D eigenvalue weighted by molar-refractivity contribution is 6.33. The SMILES string of the molecule is CNC(=O)C(C)(C)N(C)Cc1cc(O)c2c(c1Cl)C[C@H]1C[C@@H]3C(C(=O)C(C(N)=O)=C(O)[C@H]3N(C)C)C(O)=C1C2=O. The van der Waals surface area contributed by atoms with Crippen molar-refractivity contribution < 1.29 is 34.5 Å². The molecule has 0 saturated carbocycles. The van der Waals surface area contributed by atoms with Crippen molar-refractivity contribution in [3.8, 4) is 5.75 Å². The molecule has 216 valence electrons. The number of aromatic hydroxyl groups is 1. The van der Waals surface area contributed by atoms with Crippen molar-refractivity contribution in [2.45, 2.75) is 44.8 Å². The van der Waals surface area contributed by atoms with Crippen molar-refractivity contribution in [2.24, 2.45) is 23.5 Å². The number of phenols is 1. The van der Waals surface area contributed by atoms with Crippen LogP contribution in [-0.2, 0) is 27.3 Å². The average molecular weight is 575 g/mol. The molecule has 0 saturated heterocycles. The molecule has 1 aromatic rings. The molecule has 1 aromatic carbocycles. The number of benzene rings is 1. The van der Waals surface area contributed by atoms with E-state index in [1.54, 1.807) is 51.8 Å². The van der Waals surface area contributed by atoms with E-state index in [2.05, 4.69) is 5.32 Å². The molecule has 0 aliphatic heterocycles. The second kappa shape index (κ2) is 10.2. The van der Waals surface area contributed by atoms with Crippen molar-refractivity contribution in [3.63, 3.8) is 0 Å². The summed E-state index contributed by atoms with van der Waals surface area (Å²) < 4.78 is 0. The van der Waals surface area contributed by atoms with Gasteiger partial charge in [0.25, 0.3) is 5.91 Å². The summed E-state index contributed by atoms with van der Waals surface area (Å²) in [5.41, 5.74) is 4.77. The zero-order valence-corrected chi connectivity index (χ0v) is 24.1. The van der Waals surface area contributed by atoms with E-state index < -0.39 is 63.9 Å². The molecule has 0 fully saturated rings. The second-order valence-corrected chi connectivity index (χ2v) is 11.9. The highest BCUT2D eigenvalue weighted by Gasteiger charge is 2.54. The Morgan fingerprint density at radius 2 is 1.77 bits per heavy atom. The fraction of sp³-hybridized carbons (Fsp3) is 0.500. The summed E-state index contributed by atoms with van der Waals surface area (Å²) in [6.45, 7) is 3.70. The average Bonchev–Trinajstić information content (AvgIpc) is 2.85. The lowest BCUT2D eigenvalue weighted by Gasteiger charge is -2.46. The maximum Gasteiger partial charge on any atom is 0.255 e. The van der Waals surface area contributed by atoms with E-state index >= 15 is 0 Å². The largest absolute Gasteiger partial charge is 0.511 e. The number of amides is 2. The summed E-state index contributed by atoms with van der Waals surface area (Å²) in [4.78, 5) is 54.9. The fourth-order valence-electron chi connectivity index (χ4n) is 6.42. The first-order valence-electron chi connectivity index (χ1n) is 12.9. The number of nitrogens with zero attached hydrogens (tertiary/aromatic N) is 2. The monoisotopic (exact) mass is 574 g/mol. The molecule has 0 aromatic heterocycles. The number of carbonyl (C=O) groups is 4. The van der Waals surface area contributed by atoms with Gasteiger partial charge >= 0.3 is 0 Å². The molecule has 4 rings (SSSR count). The standard InChI is InChI=1S/C28H35ClN4O7/c1-28(2,27(40)31-3)33(6)10-12-9-15(34)17-13(20(12)29)7-11-8-14-18(23(36)16(11)22(17)35)24(37)19(26(30)39)25(38)21(14)32(4)5/h9,11,14,18,21,34,36,38H,7-8,10H2,1-6H3,(H2,30,39)(H,31,40)/t11-,14+,18?,21-/m0/s1. The molecule has 3 aliphatic rings. The Labute approximate surface area is 237 Å². The number of halogens is 1. The minimum Gasteiger partial charge on any atom is -0.511 e. The van der Waals surface area contributed by atoms with Crippen LogP contribution in [0.1, 0.15) is 41.8 Å². The number of hydrogen-bond donors (Lipinski definition) is 5. The highest BCUT2D eigenvalue weighted by atomic mass is 35.5. The number of aliphatic hydroxyl groups is 2. The van der Waals surface area contributed by atoms with Crippen LogP contribution >= 0.6 is 11.6 Å². The lowest BCUT2D eigenvalue weighted by atomic mass is 9.61. The van der Waals surface area contributed by atoms with Gasteiger partial charge in [-0.05, 0) is 76.9 Å². The number of hydrogen-bond acceptors (Lipinski definition) is 9. The quantitative estimate of drug-likeness (QED) is 0.316. The van der Waals surface area contributed by atoms with Crippen LogP contribution in [0.4, 0.5) is 0 Å². The maximum absolute atomic E-state index is 13.8. The Kier molecular flexibility index (Phi) is 7.55. The number of fused-ring (bicyclic) bond motifs is 3. The molecular weight excluding hydrogens is 540 g/mol. The molecule has 11 nitrogen and oxygen atoms in total. The van der Waals surface area contributed by atoms with Crippen LogP contribution in [0.15, 0.2) is 28.7 Å². The van der Waals surface area contributed by atoms with E-state index in [0.717, 1.165) is 0 Å². The Morgan fingerprint density at radius 3 is 2.33 bits per heavy atom. The number of likely N-dealkylation sites (N-methyl/N-ethyl adjacent to an activating group) is 3. The molecule has 4 atom stereocenters. The van der Waals surface area contributed by atoms with E-state index in [1.807, 2.05) is 0 Å². The highest BCUT2D eigenvalue weighted by Crippen LogP contribution is 2.51. The minimum absolute atomic E-state index is 0.0122. The predicted octanol–water partition coefficient (Wildman–Crippen LogP) is 1.62. The summed E-state index contributed by atoms with van der Waals surface area (Å²) >= 11 is 6.83. The molecular formula is C28H35ClN4O7. The summed E-state index contributed by atoms with van der Waals surface area (Å²) in [5, 5.41) is 36.1. The van der Waals surface area contributed by atoms with Crippen LogP contribution in [0.2, 0.25) is 5.02 Å². The van der Waals surface area contributed by atoms with Crippen molar-refractivity contribution in [3.05, 3.63) is 50.4 Å². The van der Waals surface area contributed by atoms with Gasteiger partial charge in [0.2, 0.25) is 5.91 Å². The number of allylic oxidation sites excluding steroid dienone is 2. The van der Waals surface area contributed by atoms with E-state index in [1.165, 1.54) is 6.07 Å². The summed E-state index contributed by atoms with van der Waals surface area (Å²) in [5.74, 6) is -6.54. The predicted molar refractivity (Wildman–Crippen MR) is 147 cm³/mol. The smallest absolute Gasteiger partial charge is 0.255 e. The van der Waals surface area contributed by atoms with Crippen molar-refractivity contribution in [1.29, 1.82) is 0 Å². The van der Waals surface area contributed by atoms with Crippen molar-refractivity contribution >= 4 is 35.0 Å². The number of Topliss-reactive ketones (excluding diaryl/α,β-unsaturated/α-hetero) is 2. The second-order valence-electron chi connectivity index (χ2n) is 11.5. The number of carbonyl (C=O) groups excluding carboxylic acids is 4. The molecule has 1 unspecified atom stereocenters. The van der Waals surface area contributed by atoms with Gasteiger partial charge in [0, 0.05) is 24.2 Å². The minimum atomic E-state index is -1.25. The van der Waals surface area contributed by atoms with Gasteiger partial charge in [-0.25, -0.2) is 0 Å². The van der Waals surface area contributed by atoms with Gasteiger partial charge < -0.3 is 26.4 Å². The zero-order valence-electron chi connectivity index (χ0n) is 23.3. The van der Waals surface area contributed by atoms with E-state index in [9.17, 15) is 34.5 Å². The zero-order chi connectivity index (χ0) is 30.0. The summed E-state index contributed by atoms with van der Waals surface area (Å²) in [6.07, 6.45) is 0.415. The number of nitrogens with two attached hydrogens (primary N) is 1. The number of rotatable bonds is 6. The van der Waals surface area contributed by atoms with Crippen LogP contribution in [-0.4, -0.2) is 88.3 Å². The van der Waals surface area contributed by atoms with Gasteiger partial charge in [0.15, 0.2) is 11.6 Å². The summed E-state index contributed by atoms with van der Waals surface area (Å²) in [6, 6.07) is 0.569. The summed E-state index contributed by atoms with van der Waals surface area (Å²) in [7, 11) is 6.63. The molecule has 6 N–H and O–H groups in total. The number of ketones is 2. The van der Waals surface area contributed by atoms with Gasteiger partial charge in [0.1, 0.15) is 22.8 Å². The third-order valence-corrected chi connectivity index (χ3v) is 9.19. The van der Waals surface area contributed by atoms with E-state index in [-0.39, 0.29) is 47.2 Å².